The quantitative estimate of drug-likeness (QED) is 0.612. The summed E-state index contributed by atoms with van der Waals surface area (Å²) in [6.45, 7) is 3.20. The topological polar surface area (TPSA) is 168 Å². The van der Waals surface area contributed by atoms with Crippen LogP contribution in [0, 0.1) is 0 Å². The summed E-state index contributed by atoms with van der Waals surface area (Å²) in [5.41, 5.74) is 0. The highest BCUT2D eigenvalue weighted by atomic mass is 32.1. The number of carbonyl (C=O) groups is 4. The van der Waals surface area contributed by atoms with Crippen LogP contribution >= 0.6 is 11.3 Å². The van der Waals surface area contributed by atoms with Gasteiger partial charge in [0.1, 0.15) is 12.5 Å². The number of aliphatic carboxylic acids is 2. The van der Waals surface area contributed by atoms with Crippen LogP contribution in [-0.2, 0) is 9.59 Å². The van der Waals surface area contributed by atoms with Gasteiger partial charge >= 0.3 is 23.9 Å². The van der Waals surface area contributed by atoms with E-state index in [9.17, 15) is 19.2 Å². The Hall–Kier alpha value is -3.08. The maximum Gasteiger partial charge on any atom is 0.349 e. The minimum atomic E-state index is -1.25. The molecule has 0 atom stereocenters. The molecule has 0 bridgehead atoms. The molecular formula is C14H16O10S. The van der Waals surface area contributed by atoms with Crippen LogP contribution in [0.25, 0.3) is 0 Å². The maximum atomic E-state index is 10.8. The number of carboxylic acids is 4. The Kier molecular flexibility index (Phi) is 9.34. The van der Waals surface area contributed by atoms with E-state index < -0.39 is 23.9 Å². The second kappa shape index (κ2) is 10.6. The van der Waals surface area contributed by atoms with Gasteiger partial charge < -0.3 is 29.9 Å². The summed E-state index contributed by atoms with van der Waals surface area (Å²) < 4.78 is 9.81. The molecule has 0 aliphatic carbocycles. The Balaban J connectivity index is 0.000000480. The molecule has 1 aromatic rings. The highest BCUT2D eigenvalue weighted by molar-refractivity contribution is 7.16. The highest BCUT2D eigenvalue weighted by Gasteiger charge is 2.30. The minimum Gasteiger partial charge on any atom is -0.481 e. The molecule has 1 aromatic heterocycles. The molecule has 10 nitrogen and oxygen atoms in total. The Labute approximate surface area is 145 Å². The number of aromatic carboxylic acids is 2. The molecule has 1 aliphatic heterocycles. The molecule has 0 spiro atoms. The maximum absolute atomic E-state index is 10.8. The lowest BCUT2D eigenvalue weighted by Gasteiger charge is -2.08. The first-order chi connectivity index (χ1) is 11.6. The van der Waals surface area contributed by atoms with Gasteiger partial charge in [0, 0.05) is 12.8 Å². The number of carboxylic acid groups (broad SMARTS) is 4. The van der Waals surface area contributed by atoms with Crippen molar-refractivity contribution >= 4 is 35.2 Å². The van der Waals surface area contributed by atoms with Gasteiger partial charge in [0.15, 0.2) is 21.3 Å². The molecule has 1 aliphatic rings. The second-order valence-electron chi connectivity index (χ2n) is 4.03. The molecular weight excluding hydrogens is 360 g/mol. The van der Waals surface area contributed by atoms with Crippen molar-refractivity contribution in [3.05, 3.63) is 22.3 Å². The number of hydrogen-bond acceptors (Lipinski definition) is 7. The van der Waals surface area contributed by atoms with Gasteiger partial charge in [0.2, 0.25) is 0 Å². The largest absolute Gasteiger partial charge is 0.481 e. The van der Waals surface area contributed by atoms with Gasteiger partial charge in [-0.15, -0.1) is 11.3 Å². The first-order valence-corrected chi connectivity index (χ1v) is 7.52. The third-order valence-corrected chi connectivity index (χ3v) is 3.37. The lowest BCUT2D eigenvalue weighted by Crippen LogP contribution is -2.01. The average molecular weight is 376 g/mol. The van der Waals surface area contributed by atoms with Crippen LogP contribution in [0.3, 0.4) is 0 Å². The van der Waals surface area contributed by atoms with Gasteiger partial charge in [0.25, 0.3) is 0 Å². The van der Waals surface area contributed by atoms with E-state index in [2.05, 4.69) is 0 Å². The first-order valence-electron chi connectivity index (χ1n) is 6.70. The highest BCUT2D eigenvalue weighted by Crippen LogP contribution is 2.44. The van der Waals surface area contributed by atoms with Crippen molar-refractivity contribution in [1.29, 1.82) is 0 Å². The lowest BCUT2D eigenvalue weighted by atomic mass is 10.3. The van der Waals surface area contributed by atoms with E-state index >= 15 is 0 Å². The third kappa shape index (κ3) is 7.35. The summed E-state index contributed by atoms with van der Waals surface area (Å²) in [6, 6.07) is 0. The van der Waals surface area contributed by atoms with Crippen molar-refractivity contribution in [3.63, 3.8) is 0 Å². The summed E-state index contributed by atoms with van der Waals surface area (Å²) in [5, 5.41) is 33.0. The van der Waals surface area contributed by atoms with E-state index in [-0.39, 0.29) is 34.1 Å². The van der Waals surface area contributed by atoms with Crippen LogP contribution in [0.15, 0.2) is 12.5 Å². The van der Waals surface area contributed by atoms with Gasteiger partial charge in [-0.3, -0.25) is 9.59 Å². The normalized spacial score (nSPS) is 10.5. The molecule has 0 amide bonds. The predicted octanol–water partition coefficient (Wildman–Crippen LogP) is 2.35. The molecule has 0 saturated heterocycles. The summed E-state index contributed by atoms with van der Waals surface area (Å²) in [5.74, 6) is -4.11. The van der Waals surface area contributed by atoms with E-state index in [0.717, 1.165) is 12.5 Å². The minimum absolute atomic E-state index is 0.0626. The van der Waals surface area contributed by atoms with Crippen molar-refractivity contribution in [2.45, 2.75) is 26.7 Å². The van der Waals surface area contributed by atoms with E-state index in [1.807, 2.05) is 0 Å². The fourth-order valence-corrected chi connectivity index (χ4v) is 1.93. The Morgan fingerprint density at radius 2 is 1.08 bits per heavy atom. The molecule has 138 valence electrons. The monoisotopic (exact) mass is 376 g/mol. The Bertz CT molecular complexity index is 619. The smallest absolute Gasteiger partial charge is 0.349 e. The summed E-state index contributed by atoms with van der Waals surface area (Å²) in [4.78, 5) is 39.9. The van der Waals surface area contributed by atoms with Crippen LogP contribution in [0.2, 0.25) is 0 Å². The van der Waals surface area contributed by atoms with Crippen molar-refractivity contribution < 1.29 is 49.1 Å². The number of rotatable bonds is 4. The van der Waals surface area contributed by atoms with Crippen LogP contribution in [0.5, 0.6) is 11.5 Å². The summed E-state index contributed by atoms with van der Waals surface area (Å²) in [7, 11) is 0. The molecule has 0 radical (unpaired) electrons. The van der Waals surface area contributed by atoms with E-state index in [0.29, 0.717) is 11.3 Å². The molecule has 0 aromatic carbocycles. The average Bonchev–Trinajstić information content (AvgIpc) is 2.96. The SMILES string of the molecule is CCC(=O)O.CCC(=O)O.O=C(O)c1sc(C(=O)O)c2c1OC=CO2. The summed E-state index contributed by atoms with van der Waals surface area (Å²) >= 11 is 0.602. The number of fused-ring (bicyclic) bond motifs is 1. The molecule has 0 saturated carbocycles. The van der Waals surface area contributed by atoms with Gasteiger partial charge in [-0.25, -0.2) is 9.59 Å². The Morgan fingerprint density at radius 1 is 0.800 bits per heavy atom. The number of thiophene rings is 1. The standard InChI is InChI=1S/C8H4O6S.2C3H6O2/c9-7(10)5-3-4(14-2-1-13-3)6(15-5)8(11)12;2*1-2-3(4)5/h1-2H,(H,9,10)(H,11,12);2*2H2,1H3,(H,4,5). The van der Waals surface area contributed by atoms with Crippen molar-refractivity contribution in [3.8, 4) is 11.5 Å². The predicted molar refractivity (Wildman–Crippen MR) is 84.5 cm³/mol. The fraction of sp³-hybridized carbons (Fsp3) is 0.286. The first kappa shape index (κ1) is 21.9. The van der Waals surface area contributed by atoms with Gasteiger partial charge in [-0.05, 0) is 0 Å². The van der Waals surface area contributed by atoms with Gasteiger partial charge in [0.05, 0.1) is 0 Å². The zero-order valence-electron chi connectivity index (χ0n) is 13.2. The molecule has 25 heavy (non-hydrogen) atoms. The lowest BCUT2D eigenvalue weighted by molar-refractivity contribution is -0.137. The molecule has 2 heterocycles. The van der Waals surface area contributed by atoms with Crippen LogP contribution in [-0.4, -0.2) is 44.3 Å². The van der Waals surface area contributed by atoms with Crippen molar-refractivity contribution in [2.24, 2.45) is 0 Å². The zero-order chi connectivity index (χ0) is 19.6. The van der Waals surface area contributed by atoms with E-state index in [1.165, 1.54) is 0 Å². The zero-order valence-corrected chi connectivity index (χ0v) is 14.0. The molecule has 0 unspecified atom stereocenters. The molecule has 2 rings (SSSR count). The van der Waals surface area contributed by atoms with Gasteiger partial charge in [-0.1, -0.05) is 13.8 Å². The van der Waals surface area contributed by atoms with E-state index in [4.69, 9.17) is 29.9 Å². The van der Waals surface area contributed by atoms with E-state index in [1.54, 1.807) is 13.8 Å². The van der Waals surface area contributed by atoms with Crippen LogP contribution in [0.1, 0.15) is 46.0 Å². The fourth-order valence-electron chi connectivity index (χ4n) is 1.09. The van der Waals surface area contributed by atoms with Crippen molar-refractivity contribution in [1.82, 2.24) is 0 Å². The summed E-state index contributed by atoms with van der Waals surface area (Å²) in [6.07, 6.45) is 2.74. The Morgan fingerprint density at radius 3 is 1.28 bits per heavy atom. The molecule has 4 N–H and O–H groups in total. The number of ether oxygens (including phenoxy) is 2. The molecule has 11 heteroatoms. The third-order valence-electron chi connectivity index (χ3n) is 2.24. The second-order valence-corrected chi connectivity index (χ2v) is 5.05. The van der Waals surface area contributed by atoms with Crippen LogP contribution in [0.4, 0.5) is 0 Å². The van der Waals surface area contributed by atoms with Crippen LogP contribution < -0.4 is 9.47 Å². The van der Waals surface area contributed by atoms with Gasteiger partial charge in [-0.2, -0.15) is 0 Å². The van der Waals surface area contributed by atoms with Crippen molar-refractivity contribution in [2.75, 3.05) is 0 Å². The molecule has 0 fully saturated rings. The number of hydrogen-bond donors (Lipinski definition) is 4.